The highest BCUT2D eigenvalue weighted by molar-refractivity contribution is 7.91. The van der Waals surface area contributed by atoms with Gasteiger partial charge in [0.25, 0.3) is 0 Å². The minimum atomic E-state index is -2.85. The number of rotatable bonds is 4. The first-order chi connectivity index (χ1) is 11.4. The van der Waals surface area contributed by atoms with Crippen molar-refractivity contribution in [3.8, 4) is 11.3 Å². The van der Waals surface area contributed by atoms with Crippen LogP contribution in [0.1, 0.15) is 12.8 Å². The summed E-state index contributed by atoms with van der Waals surface area (Å²) in [5, 5.41) is 3.56. The highest BCUT2D eigenvalue weighted by Crippen LogP contribution is 2.27. The fraction of sp³-hybridized carbons (Fsp3) is 0.375. The van der Waals surface area contributed by atoms with Crippen LogP contribution >= 0.6 is 11.6 Å². The molecule has 2 aromatic heterocycles. The number of hydrogen-bond donors (Lipinski definition) is 1. The van der Waals surface area contributed by atoms with Gasteiger partial charge in [-0.15, -0.1) is 0 Å². The molecule has 0 amide bonds. The lowest BCUT2D eigenvalue weighted by atomic mass is 10.0. The van der Waals surface area contributed by atoms with Crippen molar-refractivity contribution in [3.63, 3.8) is 0 Å². The summed E-state index contributed by atoms with van der Waals surface area (Å²) < 4.78 is 36.2. The van der Waals surface area contributed by atoms with E-state index in [0.717, 1.165) is 0 Å². The summed E-state index contributed by atoms with van der Waals surface area (Å²) in [5.74, 6) is 0.838. The van der Waals surface area contributed by atoms with Gasteiger partial charge in [0.2, 0.25) is 5.95 Å². The number of halogens is 2. The van der Waals surface area contributed by atoms with Crippen molar-refractivity contribution >= 4 is 27.3 Å². The molecule has 5 nitrogen and oxygen atoms in total. The average Bonchev–Trinajstić information content (AvgIpc) is 2.56. The van der Waals surface area contributed by atoms with Crippen LogP contribution in [0.5, 0.6) is 0 Å². The van der Waals surface area contributed by atoms with Crippen LogP contribution in [0.15, 0.2) is 30.5 Å². The molecular formula is C16H17ClFN3O2S. The van der Waals surface area contributed by atoms with Crippen LogP contribution in [0, 0.1) is 11.9 Å². The van der Waals surface area contributed by atoms with Crippen molar-refractivity contribution in [2.45, 2.75) is 12.8 Å². The third-order valence-electron chi connectivity index (χ3n) is 4.09. The summed E-state index contributed by atoms with van der Waals surface area (Å²) in [6, 6.07) is 6.62. The normalized spacial score (nSPS) is 17.6. The zero-order chi connectivity index (χ0) is 17.2. The molecule has 3 rings (SSSR count). The van der Waals surface area contributed by atoms with Crippen LogP contribution in [0.2, 0.25) is 5.02 Å². The van der Waals surface area contributed by atoms with Gasteiger partial charge in [0.1, 0.15) is 15.7 Å². The minimum Gasteiger partial charge on any atom is -0.370 e. The van der Waals surface area contributed by atoms with E-state index in [1.807, 2.05) is 12.1 Å². The first kappa shape index (κ1) is 17.1. The maximum Gasteiger partial charge on any atom is 0.213 e. The zero-order valence-corrected chi connectivity index (χ0v) is 14.4. The lowest BCUT2D eigenvalue weighted by Gasteiger charge is -2.22. The predicted octanol–water partition coefficient (Wildman–Crippen LogP) is 3.17. The van der Waals surface area contributed by atoms with Crippen molar-refractivity contribution < 1.29 is 12.8 Å². The summed E-state index contributed by atoms with van der Waals surface area (Å²) in [6.45, 7) is 0.657. The Morgan fingerprint density at radius 2 is 2.04 bits per heavy atom. The third kappa shape index (κ3) is 4.21. The van der Waals surface area contributed by atoms with Gasteiger partial charge in [0.15, 0.2) is 0 Å². The first-order valence-corrected chi connectivity index (χ1v) is 9.86. The fourth-order valence-electron chi connectivity index (χ4n) is 2.68. The molecule has 0 unspecified atom stereocenters. The summed E-state index contributed by atoms with van der Waals surface area (Å²) in [5.41, 5.74) is 1.04. The van der Waals surface area contributed by atoms with E-state index in [1.165, 1.54) is 12.3 Å². The molecule has 3 heterocycles. The van der Waals surface area contributed by atoms with Gasteiger partial charge in [-0.2, -0.15) is 4.39 Å². The lowest BCUT2D eigenvalue weighted by molar-refractivity contribution is 0.484. The Bertz CT molecular complexity index is 831. The molecule has 0 aromatic carbocycles. The zero-order valence-electron chi connectivity index (χ0n) is 12.9. The summed E-state index contributed by atoms with van der Waals surface area (Å²) >= 11 is 6.06. The molecule has 0 atom stereocenters. The molecule has 8 heteroatoms. The fourth-order valence-corrected chi connectivity index (χ4v) is 4.47. The molecule has 1 fully saturated rings. The lowest BCUT2D eigenvalue weighted by Crippen LogP contribution is -2.27. The van der Waals surface area contributed by atoms with E-state index in [4.69, 9.17) is 11.6 Å². The third-order valence-corrected chi connectivity index (χ3v) is 6.11. The monoisotopic (exact) mass is 369 g/mol. The molecular weight excluding hydrogens is 353 g/mol. The number of nitrogens with zero attached hydrogens (tertiary/aromatic N) is 2. The molecule has 1 aliphatic rings. The van der Waals surface area contributed by atoms with Crippen LogP contribution in [0.25, 0.3) is 11.3 Å². The van der Waals surface area contributed by atoms with Crippen LogP contribution in [-0.2, 0) is 9.84 Å². The maximum atomic E-state index is 13.3. The highest BCUT2D eigenvalue weighted by Gasteiger charge is 2.23. The van der Waals surface area contributed by atoms with Crippen molar-refractivity contribution in [1.29, 1.82) is 0 Å². The van der Waals surface area contributed by atoms with E-state index in [9.17, 15) is 12.8 Å². The quantitative estimate of drug-likeness (QED) is 0.838. The molecule has 1 N–H and O–H groups in total. The molecule has 2 aromatic rings. The molecule has 0 saturated carbocycles. The van der Waals surface area contributed by atoms with E-state index in [-0.39, 0.29) is 11.5 Å². The molecule has 1 saturated heterocycles. The number of hydrogen-bond acceptors (Lipinski definition) is 5. The second-order valence-corrected chi connectivity index (χ2v) is 8.58. The molecule has 0 bridgehead atoms. The van der Waals surface area contributed by atoms with Gasteiger partial charge in [-0.05, 0) is 30.9 Å². The molecule has 0 aliphatic carbocycles. The maximum absolute atomic E-state index is 13.3. The number of aromatic nitrogens is 2. The summed E-state index contributed by atoms with van der Waals surface area (Å²) in [4.78, 5) is 7.96. The number of anilines is 1. The van der Waals surface area contributed by atoms with Gasteiger partial charge in [0, 0.05) is 24.4 Å². The first-order valence-electron chi connectivity index (χ1n) is 7.66. The molecule has 1 aliphatic heterocycles. The SMILES string of the molecule is O=S1(=O)CCC(CNc2cccc(-c3cc(F)ncc3Cl)n2)CC1. The Labute approximate surface area is 145 Å². The summed E-state index contributed by atoms with van der Waals surface area (Å²) in [7, 11) is -2.85. The van der Waals surface area contributed by atoms with Gasteiger partial charge in [-0.3, -0.25) is 0 Å². The van der Waals surface area contributed by atoms with Gasteiger partial charge < -0.3 is 5.32 Å². The highest BCUT2D eigenvalue weighted by atomic mass is 35.5. The van der Waals surface area contributed by atoms with E-state index >= 15 is 0 Å². The Hall–Kier alpha value is -1.73. The largest absolute Gasteiger partial charge is 0.370 e. The average molecular weight is 370 g/mol. The van der Waals surface area contributed by atoms with Gasteiger partial charge in [-0.1, -0.05) is 17.7 Å². The molecule has 128 valence electrons. The Kier molecular flexibility index (Phi) is 5.01. The minimum absolute atomic E-state index is 0.249. The Morgan fingerprint density at radius 1 is 1.29 bits per heavy atom. The van der Waals surface area contributed by atoms with Gasteiger partial charge >= 0.3 is 0 Å². The number of pyridine rings is 2. The Morgan fingerprint density at radius 3 is 2.79 bits per heavy atom. The molecule has 0 spiro atoms. The van der Waals surface area contributed by atoms with Crippen molar-refractivity contribution in [2.75, 3.05) is 23.4 Å². The van der Waals surface area contributed by atoms with E-state index in [1.54, 1.807) is 6.07 Å². The smallest absolute Gasteiger partial charge is 0.213 e. The topological polar surface area (TPSA) is 72.0 Å². The standard InChI is InChI=1S/C16H17ClFN3O2S/c17-13-10-19-15(18)8-12(13)14-2-1-3-16(21-14)20-9-11-4-6-24(22,23)7-5-11/h1-3,8,10-11H,4-7,9H2,(H,20,21). The predicted molar refractivity (Wildman–Crippen MR) is 92.3 cm³/mol. The summed E-state index contributed by atoms with van der Waals surface area (Å²) in [6.07, 6.45) is 2.59. The second kappa shape index (κ2) is 7.03. The van der Waals surface area contributed by atoms with Crippen molar-refractivity contribution in [1.82, 2.24) is 9.97 Å². The van der Waals surface area contributed by atoms with Crippen LogP contribution in [-0.4, -0.2) is 36.4 Å². The second-order valence-electron chi connectivity index (χ2n) is 5.87. The van der Waals surface area contributed by atoms with Gasteiger partial charge in [0.05, 0.1) is 22.2 Å². The van der Waals surface area contributed by atoms with E-state index in [2.05, 4.69) is 15.3 Å². The Balaban J connectivity index is 1.69. The van der Waals surface area contributed by atoms with Crippen LogP contribution < -0.4 is 5.32 Å². The van der Waals surface area contributed by atoms with Crippen molar-refractivity contribution in [3.05, 3.63) is 41.4 Å². The van der Waals surface area contributed by atoms with E-state index < -0.39 is 15.8 Å². The number of nitrogens with one attached hydrogen (secondary N) is 1. The van der Waals surface area contributed by atoms with Crippen LogP contribution in [0.3, 0.4) is 0 Å². The van der Waals surface area contributed by atoms with Gasteiger partial charge in [-0.25, -0.2) is 18.4 Å². The van der Waals surface area contributed by atoms with Crippen molar-refractivity contribution in [2.24, 2.45) is 5.92 Å². The van der Waals surface area contributed by atoms with E-state index in [0.29, 0.717) is 47.4 Å². The number of sulfone groups is 1. The van der Waals surface area contributed by atoms with Crippen LogP contribution in [0.4, 0.5) is 10.2 Å². The molecule has 0 radical (unpaired) electrons. The molecule has 24 heavy (non-hydrogen) atoms.